The molecule has 9 atom stereocenters. The Morgan fingerprint density at radius 1 is 0.952 bits per heavy atom. The van der Waals surface area contributed by atoms with Crippen molar-refractivity contribution in [2.24, 2.45) is 28.7 Å². The van der Waals surface area contributed by atoms with Gasteiger partial charge in [0.15, 0.2) is 0 Å². The normalized spacial score (nSPS) is 33.0. The van der Waals surface area contributed by atoms with Crippen LogP contribution in [0.3, 0.4) is 0 Å². The summed E-state index contributed by atoms with van der Waals surface area (Å²) in [7, 11) is 2.93. The van der Waals surface area contributed by atoms with Crippen molar-refractivity contribution in [2.75, 3.05) is 40.5 Å². The zero-order chi connectivity index (χ0) is 46.3. The maximum Gasteiger partial charge on any atom is 0.302 e. The number of nitrogens with zero attached hydrogens (tertiary/aromatic N) is 2. The first kappa shape index (κ1) is 47.3. The monoisotopic (exact) mass is 876 g/mol. The molecule has 1 aromatic rings. The maximum atomic E-state index is 14.7. The number of piperidine rings is 1. The Kier molecular flexibility index (Phi) is 13.9. The molecule has 17 heteroatoms. The Bertz CT molecular complexity index is 2200. The van der Waals surface area contributed by atoms with Crippen LogP contribution in [0.1, 0.15) is 93.2 Å². The van der Waals surface area contributed by atoms with Gasteiger partial charge in [-0.3, -0.25) is 29.0 Å². The van der Waals surface area contributed by atoms with E-state index in [2.05, 4.69) is 10.6 Å². The quantitative estimate of drug-likeness (QED) is 0.216. The van der Waals surface area contributed by atoms with Gasteiger partial charge in [-0.15, -0.1) is 0 Å². The number of ether oxygens (including phenoxy) is 5. The lowest BCUT2D eigenvalue weighted by molar-refractivity contribution is -0.160. The van der Waals surface area contributed by atoms with E-state index < -0.39 is 88.7 Å². The van der Waals surface area contributed by atoms with Gasteiger partial charge in [0.05, 0.1) is 47.5 Å². The molecular formula is C46H60N4O13. The number of benzene rings is 1. The third-order valence-electron chi connectivity index (χ3n) is 13.1. The number of amides is 2. The summed E-state index contributed by atoms with van der Waals surface area (Å²) in [6.45, 7) is 13.1. The van der Waals surface area contributed by atoms with Gasteiger partial charge in [-0.1, -0.05) is 58.1 Å². The highest BCUT2D eigenvalue weighted by Gasteiger charge is 2.54. The van der Waals surface area contributed by atoms with Gasteiger partial charge in [-0.05, 0) is 13.8 Å². The smallest absolute Gasteiger partial charge is 0.302 e. The third-order valence-corrected chi connectivity index (χ3v) is 13.1. The lowest BCUT2D eigenvalue weighted by Gasteiger charge is -2.38. The number of methoxy groups -OCH3 is 2. The number of phenols is 1. The van der Waals surface area contributed by atoms with Gasteiger partial charge in [0, 0.05) is 94.4 Å². The molecule has 5 N–H and O–H groups in total. The molecule has 6 aliphatic rings. The second-order valence-corrected chi connectivity index (χ2v) is 17.4. The third kappa shape index (κ3) is 8.85. The molecule has 0 saturated carbocycles. The SMILES string of the molecule is COCC(=O)N1CCC2(CC1)N=C1C(=C3NC(=O)/C(C)=C\C=C\[C@H](C)[C@H](O)[C@@H](C)[C@@H](O)[C@@H](C)[C@H](OC(C)=O)[C@H](C)[C@@H](OC)/C=C/CO[C@@]4(C)Oc5c(C)c(O)c(c1c5C4=O)C3=O)N2. The summed E-state index contributed by atoms with van der Waals surface area (Å²) in [4.78, 5) is 75.1. The van der Waals surface area contributed by atoms with Crippen molar-refractivity contribution in [3.05, 3.63) is 69.6 Å². The summed E-state index contributed by atoms with van der Waals surface area (Å²) in [5, 5.41) is 40.9. The molecule has 7 rings (SSSR count). The molecule has 1 spiro atoms. The average molecular weight is 877 g/mol. The van der Waals surface area contributed by atoms with Gasteiger partial charge in [-0.25, -0.2) is 0 Å². The number of hydrogen-bond donors (Lipinski definition) is 5. The first-order valence-corrected chi connectivity index (χ1v) is 21.3. The molecule has 5 aliphatic heterocycles. The number of Topliss-reactive ketones (excluding diaryl/α,β-unsaturated/α-hetero) is 2. The number of aliphatic hydroxyl groups is 2. The number of ketones is 2. The van der Waals surface area contributed by atoms with Crippen LogP contribution in [-0.4, -0.2) is 132 Å². The molecule has 1 saturated heterocycles. The Balaban J connectivity index is 1.46. The van der Waals surface area contributed by atoms with Crippen LogP contribution >= 0.6 is 0 Å². The number of aliphatic imine (C=N–C) groups is 1. The topological polar surface area (TPSA) is 232 Å². The van der Waals surface area contributed by atoms with Crippen LogP contribution in [-0.2, 0) is 33.3 Å². The molecule has 1 aromatic carbocycles. The average Bonchev–Trinajstić information content (AvgIpc) is 3.74. The van der Waals surface area contributed by atoms with Crippen LogP contribution in [0.4, 0.5) is 0 Å². The van der Waals surface area contributed by atoms with E-state index in [4.69, 9.17) is 28.7 Å². The van der Waals surface area contributed by atoms with E-state index in [0.717, 1.165) is 0 Å². The van der Waals surface area contributed by atoms with Crippen molar-refractivity contribution in [2.45, 2.75) is 104 Å². The number of rotatable bonds is 4. The second-order valence-electron chi connectivity index (χ2n) is 17.4. The lowest BCUT2D eigenvalue weighted by Crippen LogP contribution is -2.52. The van der Waals surface area contributed by atoms with Crippen LogP contribution in [0.2, 0.25) is 0 Å². The highest BCUT2D eigenvalue weighted by molar-refractivity contribution is 6.34. The number of esters is 1. The molecule has 0 unspecified atom stereocenters. The number of likely N-dealkylation sites (tertiary alicyclic amines) is 1. The summed E-state index contributed by atoms with van der Waals surface area (Å²) in [5.74, 6) is -7.54. The fourth-order valence-electron chi connectivity index (χ4n) is 9.16. The highest BCUT2D eigenvalue weighted by Crippen LogP contribution is 2.50. The van der Waals surface area contributed by atoms with Crippen LogP contribution in [0.25, 0.3) is 0 Å². The van der Waals surface area contributed by atoms with E-state index in [1.807, 2.05) is 6.92 Å². The van der Waals surface area contributed by atoms with Gasteiger partial charge in [0.1, 0.15) is 35.6 Å². The zero-order valence-corrected chi connectivity index (χ0v) is 37.6. The number of carbonyl (C=O) groups excluding carboxylic acids is 5. The largest absolute Gasteiger partial charge is 0.507 e. The van der Waals surface area contributed by atoms with E-state index in [1.54, 1.807) is 56.9 Å². The van der Waals surface area contributed by atoms with E-state index in [9.17, 15) is 39.3 Å². The summed E-state index contributed by atoms with van der Waals surface area (Å²) >= 11 is 0. The van der Waals surface area contributed by atoms with E-state index in [1.165, 1.54) is 41.1 Å². The number of aliphatic hydroxyl groups excluding tert-OH is 2. The first-order chi connectivity index (χ1) is 29.7. The fraction of sp³-hybridized carbons (Fsp3) is 0.565. The number of carbonyl (C=O) groups is 5. The van der Waals surface area contributed by atoms with Crippen LogP contribution in [0.5, 0.6) is 11.5 Å². The fourth-order valence-corrected chi connectivity index (χ4v) is 9.16. The van der Waals surface area contributed by atoms with Crippen LogP contribution in [0, 0.1) is 30.6 Å². The number of aromatic hydroxyl groups is 1. The lowest BCUT2D eigenvalue weighted by atomic mass is 9.78. The molecule has 2 amide bonds. The summed E-state index contributed by atoms with van der Waals surface area (Å²) < 4.78 is 29.0. The van der Waals surface area contributed by atoms with E-state index in [-0.39, 0.29) is 69.8 Å². The maximum absolute atomic E-state index is 14.7. The number of hydrogen-bond acceptors (Lipinski definition) is 15. The van der Waals surface area contributed by atoms with Crippen molar-refractivity contribution in [3.63, 3.8) is 0 Å². The predicted molar refractivity (Wildman–Crippen MR) is 229 cm³/mol. The van der Waals surface area contributed by atoms with Gasteiger partial charge in [0.25, 0.3) is 11.7 Å². The van der Waals surface area contributed by atoms with Gasteiger partial charge in [-0.2, -0.15) is 0 Å². The standard InChI is InChI=1S/C46H60N4O13/c1-22-13-11-14-23(2)44(58)47-36-35-34(48-46(49-35)16-18-50(19-17-46)30(52)21-59-9)31-32(40(36)56)39(55)27(6)42-33(31)43(57)45(8,63-42)61-20-12-15-29(60-10)24(3)41(62-28(7)51)26(5)38(54)25(4)37(22)53/h11-15,22,24-26,29,37-38,41,49,53-55H,16-21H2,1-10H3,(H,47,58)/b13-11+,15-12+,23-14-/t22-,24+,25+,26+,29-,37-,38+,41+,45-/m0/s1. The van der Waals surface area contributed by atoms with Crippen molar-refractivity contribution < 1.29 is 63.0 Å². The summed E-state index contributed by atoms with van der Waals surface area (Å²) in [6.07, 6.45) is 5.05. The molecular weight excluding hydrogens is 817 g/mol. The number of nitrogens with one attached hydrogen (secondary N) is 2. The first-order valence-electron chi connectivity index (χ1n) is 21.3. The minimum absolute atomic E-state index is 0.00624. The number of fused-ring (bicyclic) bond motifs is 14. The van der Waals surface area contributed by atoms with Gasteiger partial charge >= 0.3 is 5.97 Å². The Morgan fingerprint density at radius 3 is 2.27 bits per heavy atom. The summed E-state index contributed by atoms with van der Waals surface area (Å²) in [5.41, 5.74) is -0.880. The van der Waals surface area contributed by atoms with E-state index in [0.29, 0.717) is 25.9 Å². The van der Waals surface area contributed by atoms with Gasteiger partial charge < -0.3 is 54.5 Å². The van der Waals surface area contributed by atoms with Crippen molar-refractivity contribution >= 4 is 35.1 Å². The molecule has 0 aromatic heterocycles. The molecule has 342 valence electrons. The minimum atomic E-state index is -1.93. The van der Waals surface area contributed by atoms with Gasteiger partial charge in [0.2, 0.25) is 17.5 Å². The van der Waals surface area contributed by atoms with Crippen molar-refractivity contribution in [1.29, 1.82) is 0 Å². The van der Waals surface area contributed by atoms with Crippen molar-refractivity contribution in [1.82, 2.24) is 15.5 Å². The molecule has 5 bridgehead atoms. The predicted octanol–water partition coefficient (Wildman–Crippen LogP) is 3.18. The molecule has 17 nitrogen and oxygen atoms in total. The Labute approximate surface area is 367 Å². The molecule has 1 aliphatic carbocycles. The molecule has 0 radical (unpaired) electrons. The summed E-state index contributed by atoms with van der Waals surface area (Å²) in [6, 6.07) is 0. The molecule has 5 heterocycles. The van der Waals surface area contributed by atoms with Crippen LogP contribution < -0.4 is 15.4 Å². The minimum Gasteiger partial charge on any atom is -0.507 e. The number of allylic oxidation sites excluding steroid dienone is 4. The Morgan fingerprint density at radius 2 is 1.63 bits per heavy atom. The highest BCUT2D eigenvalue weighted by atomic mass is 16.7. The number of phenolic OH excluding ortho intramolecular Hbond substituents is 1. The second kappa shape index (κ2) is 18.5. The van der Waals surface area contributed by atoms with Crippen molar-refractivity contribution in [3.8, 4) is 11.5 Å². The zero-order valence-electron chi connectivity index (χ0n) is 37.6. The Hall–Kier alpha value is -5.20. The van der Waals surface area contributed by atoms with E-state index >= 15 is 0 Å². The van der Waals surface area contributed by atoms with Crippen LogP contribution in [0.15, 0.2) is 52.3 Å². The molecule has 63 heavy (non-hydrogen) atoms. The molecule has 1 fully saturated rings.